The quantitative estimate of drug-likeness (QED) is 0.432. The Balaban J connectivity index is 0.000000151. The van der Waals surface area contributed by atoms with Gasteiger partial charge in [0.25, 0.3) is 0 Å². The number of ether oxygens (including phenoxy) is 2. The third kappa shape index (κ3) is 3.88. The van der Waals surface area contributed by atoms with E-state index in [4.69, 9.17) is 9.47 Å². The fourth-order valence-electron chi connectivity index (χ4n) is 4.59. The summed E-state index contributed by atoms with van der Waals surface area (Å²) in [4.78, 5) is 23.0. The topological polar surface area (TPSA) is 52.6 Å². The second-order valence-electron chi connectivity index (χ2n) is 9.64. The van der Waals surface area contributed by atoms with Gasteiger partial charge in [0.1, 0.15) is 11.5 Å². The minimum absolute atomic E-state index is 0.0732. The predicted octanol–water partition coefficient (Wildman–Crippen LogP) is 6.15. The molecule has 0 aromatic heterocycles. The zero-order valence-corrected chi connectivity index (χ0v) is 19.4. The van der Waals surface area contributed by atoms with Crippen LogP contribution in [0.2, 0.25) is 0 Å². The first-order chi connectivity index (χ1) is 14.7. The Morgan fingerprint density at radius 3 is 2.03 bits per heavy atom. The summed E-state index contributed by atoms with van der Waals surface area (Å²) in [5.41, 5.74) is 7.36. The molecule has 0 fully saturated rings. The Kier molecular flexibility index (Phi) is 5.67. The third-order valence-electron chi connectivity index (χ3n) is 6.73. The highest BCUT2D eigenvalue weighted by Crippen LogP contribution is 2.42. The molecular formula is C27H32O4. The van der Waals surface area contributed by atoms with Crippen LogP contribution in [0, 0.1) is 0 Å². The van der Waals surface area contributed by atoms with Gasteiger partial charge in [-0.3, -0.25) is 9.59 Å². The highest BCUT2D eigenvalue weighted by molar-refractivity contribution is 5.87. The average Bonchev–Trinajstić information content (AvgIpc) is 3.37. The van der Waals surface area contributed by atoms with Gasteiger partial charge in [0.2, 0.25) is 0 Å². The maximum absolute atomic E-state index is 11.7. The normalized spacial score (nSPS) is 20.8. The van der Waals surface area contributed by atoms with Gasteiger partial charge in [-0.25, -0.2) is 0 Å². The van der Waals surface area contributed by atoms with Crippen molar-refractivity contribution < 1.29 is 19.1 Å². The molecule has 2 aromatic carbocycles. The van der Waals surface area contributed by atoms with Gasteiger partial charge in [-0.05, 0) is 73.3 Å². The molecule has 1 aliphatic carbocycles. The molecule has 2 aliphatic heterocycles. The van der Waals surface area contributed by atoms with Crippen molar-refractivity contribution in [3.8, 4) is 11.5 Å². The molecule has 0 amide bonds. The van der Waals surface area contributed by atoms with E-state index in [9.17, 15) is 9.59 Å². The van der Waals surface area contributed by atoms with Crippen molar-refractivity contribution in [3.63, 3.8) is 0 Å². The molecule has 2 aromatic rings. The summed E-state index contributed by atoms with van der Waals surface area (Å²) in [5, 5.41) is 0. The van der Waals surface area contributed by atoms with Crippen LogP contribution in [-0.2, 0) is 22.4 Å². The van der Waals surface area contributed by atoms with Crippen LogP contribution < -0.4 is 9.47 Å². The van der Waals surface area contributed by atoms with Crippen LogP contribution >= 0.6 is 0 Å². The Labute approximate surface area is 185 Å². The van der Waals surface area contributed by atoms with Crippen molar-refractivity contribution in [2.24, 2.45) is 0 Å². The number of carbonyl (C=O) groups is 2. The average molecular weight is 421 g/mol. The van der Waals surface area contributed by atoms with Crippen LogP contribution in [-0.4, -0.2) is 11.9 Å². The SMILES string of the molecule is CC(C)c1cc(C(C)C)c2c(c1)C(C)C(=O)O2.CC1C(=O)Oc2cc3c(cc21)CCC3. The summed E-state index contributed by atoms with van der Waals surface area (Å²) in [6, 6.07) is 8.52. The molecule has 0 radical (unpaired) electrons. The molecule has 0 saturated heterocycles. The van der Waals surface area contributed by atoms with E-state index >= 15 is 0 Å². The van der Waals surface area contributed by atoms with Crippen molar-refractivity contribution in [2.45, 2.75) is 84.5 Å². The highest BCUT2D eigenvalue weighted by Gasteiger charge is 2.33. The Hall–Kier alpha value is -2.62. The molecule has 2 unspecified atom stereocenters. The van der Waals surface area contributed by atoms with E-state index in [-0.39, 0.29) is 23.8 Å². The summed E-state index contributed by atoms with van der Waals surface area (Å²) >= 11 is 0. The lowest BCUT2D eigenvalue weighted by Crippen LogP contribution is -2.06. The lowest BCUT2D eigenvalue weighted by atomic mass is 9.89. The molecule has 31 heavy (non-hydrogen) atoms. The zero-order chi connectivity index (χ0) is 22.4. The number of rotatable bonds is 2. The maximum atomic E-state index is 11.7. The van der Waals surface area contributed by atoms with E-state index in [1.165, 1.54) is 23.1 Å². The van der Waals surface area contributed by atoms with E-state index in [1.807, 2.05) is 13.8 Å². The van der Waals surface area contributed by atoms with Gasteiger partial charge in [-0.2, -0.15) is 0 Å². The fraction of sp³-hybridized carbons (Fsp3) is 0.481. The van der Waals surface area contributed by atoms with Gasteiger partial charge in [0.05, 0.1) is 11.8 Å². The number of esters is 2. The maximum Gasteiger partial charge on any atom is 0.318 e. The smallest absolute Gasteiger partial charge is 0.318 e. The summed E-state index contributed by atoms with van der Waals surface area (Å²) < 4.78 is 10.6. The molecule has 0 N–H and O–H groups in total. The molecule has 0 spiro atoms. The van der Waals surface area contributed by atoms with E-state index in [2.05, 4.69) is 52.0 Å². The van der Waals surface area contributed by atoms with Crippen molar-refractivity contribution in [1.29, 1.82) is 0 Å². The minimum Gasteiger partial charge on any atom is -0.426 e. The van der Waals surface area contributed by atoms with Crippen molar-refractivity contribution >= 4 is 11.9 Å². The molecule has 4 heteroatoms. The second-order valence-corrected chi connectivity index (χ2v) is 9.64. The lowest BCUT2D eigenvalue weighted by molar-refractivity contribution is -0.134. The first-order valence-electron chi connectivity index (χ1n) is 11.4. The molecule has 3 aliphatic rings. The summed E-state index contributed by atoms with van der Waals surface area (Å²) in [5.74, 6) is 2.02. The first-order valence-corrected chi connectivity index (χ1v) is 11.4. The second kappa shape index (κ2) is 8.14. The summed E-state index contributed by atoms with van der Waals surface area (Å²) in [6.45, 7) is 12.5. The molecule has 2 heterocycles. The monoisotopic (exact) mass is 420 g/mol. The molecule has 0 bridgehead atoms. The van der Waals surface area contributed by atoms with Gasteiger partial charge < -0.3 is 9.47 Å². The number of hydrogen-bond donors (Lipinski definition) is 0. The van der Waals surface area contributed by atoms with Gasteiger partial charge in [0, 0.05) is 11.1 Å². The molecule has 4 nitrogen and oxygen atoms in total. The van der Waals surface area contributed by atoms with E-state index in [1.54, 1.807) is 0 Å². The first kappa shape index (κ1) is 21.6. The molecule has 5 rings (SSSR count). The standard InChI is InChI=1S/C15H20O2.C12H12O2/c1-8(2)11-6-12(9(3)4)14-13(7-11)10(5)15(16)17-14;1-7-10-5-8-3-2-4-9(8)6-11(10)14-12(7)13/h6-10H,1-5H3;5-7H,2-4H2,1H3. The van der Waals surface area contributed by atoms with Crippen LogP contribution in [0.15, 0.2) is 24.3 Å². The minimum atomic E-state index is -0.124. The number of benzene rings is 2. The number of hydrogen-bond acceptors (Lipinski definition) is 4. The molecule has 0 saturated carbocycles. The van der Waals surface area contributed by atoms with Gasteiger partial charge in [0.15, 0.2) is 0 Å². The Morgan fingerprint density at radius 2 is 1.39 bits per heavy atom. The number of aryl methyl sites for hydroxylation is 2. The Morgan fingerprint density at radius 1 is 0.774 bits per heavy atom. The van der Waals surface area contributed by atoms with E-state index in [0.717, 1.165) is 41.0 Å². The van der Waals surface area contributed by atoms with Crippen LogP contribution in [0.4, 0.5) is 0 Å². The molecule has 2 atom stereocenters. The number of fused-ring (bicyclic) bond motifs is 3. The highest BCUT2D eigenvalue weighted by atomic mass is 16.5. The van der Waals surface area contributed by atoms with Crippen molar-refractivity contribution in [3.05, 3.63) is 57.6 Å². The zero-order valence-electron chi connectivity index (χ0n) is 19.4. The van der Waals surface area contributed by atoms with Crippen LogP contribution in [0.5, 0.6) is 11.5 Å². The number of carbonyl (C=O) groups excluding carboxylic acids is 2. The van der Waals surface area contributed by atoms with Crippen molar-refractivity contribution in [1.82, 2.24) is 0 Å². The summed E-state index contributed by atoms with van der Waals surface area (Å²) in [7, 11) is 0. The lowest BCUT2D eigenvalue weighted by Gasteiger charge is -2.15. The fourth-order valence-corrected chi connectivity index (χ4v) is 4.59. The van der Waals surface area contributed by atoms with Crippen LogP contribution in [0.1, 0.15) is 105 Å². The molecule has 164 valence electrons. The predicted molar refractivity (Wildman–Crippen MR) is 121 cm³/mol. The van der Waals surface area contributed by atoms with Crippen LogP contribution in [0.3, 0.4) is 0 Å². The van der Waals surface area contributed by atoms with Gasteiger partial charge >= 0.3 is 11.9 Å². The van der Waals surface area contributed by atoms with Gasteiger partial charge in [-0.15, -0.1) is 0 Å². The van der Waals surface area contributed by atoms with Gasteiger partial charge in [-0.1, -0.05) is 45.9 Å². The van der Waals surface area contributed by atoms with Crippen molar-refractivity contribution in [2.75, 3.05) is 0 Å². The van der Waals surface area contributed by atoms with E-state index < -0.39 is 0 Å². The third-order valence-corrected chi connectivity index (χ3v) is 6.73. The summed E-state index contributed by atoms with van der Waals surface area (Å²) in [6.07, 6.45) is 3.53. The Bertz CT molecular complexity index is 1050. The molecular weight excluding hydrogens is 388 g/mol. The van der Waals surface area contributed by atoms with Crippen LogP contribution in [0.25, 0.3) is 0 Å². The van der Waals surface area contributed by atoms with E-state index in [0.29, 0.717) is 11.8 Å². The largest absolute Gasteiger partial charge is 0.426 e.